The minimum atomic E-state index is -1.86. The summed E-state index contributed by atoms with van der Waals surface area (Å²) in [7, 11) is 0. The molecular weight excluding hydrogens is 282 g/mol. The van der Waals surface area contributed by atoms with Crippen LogP contribution in [0.15, 0.2) is 20.5 Å². The van der Waals surface area contributed by atoms with Crippen molar-refractivity contribution >= 4 is 36.1 Å². The van der Waals surface area contributed by atoms with Crippen LogP contribution in [0.1, 0.15) is 39.5 Å². The molecule has 0 N–H and O–H groups in total. The van der Waals surface area contributed by atoms with Gasteiger partial charge in [-0.3, -0.25) is 0 Å². The van der Waals surface area contributed by atoms with Crippen LogP contribution in [-0.4, -0.2) is 36.1 Å². The Hall–Kier alpha value is 0.876. The fourth-order valence-electron chi connectivity index (χ4n) is 2.60. The Morgan fingerprint density at radius 1 is 1.20 bits per heavy atom. The molecule has 0 aliphatic carbocycles. The normalized spacial score (nSPS) is 19.1. The van der Waals surface area contributed by atoms with Gasteiger partial charge in [-0.15, -0.1) is 0 Å². The molecule has 1 rings (SSSR count). The predicted molar refractivity (Wildman–Crippen MR) is 73.0 cm³/mol. The van der Waals surface area contributed by atoms with Crippen molar-refractivity contribution in [3.63, 3.8) is 0 Å². The van der Waals surface area contributed by atoms with Crippen LogP contribution in [-0.2, 0) is 0 Å². The molecule has 0 nitrogen and oxygen atoms in total. The van der Waals surface area contributed by atoms with E-state index in [-0.39, 0.29) is 0 Å². The third-order valence-corrected chi connectivity index (χ3v) is 19.5. The molecule has 0 amide bonds. The summed E-state index contributed by atoms with van der Waals surface area (Å²) in [6.45, 7) is 4.66. The van der Waals surface area contributed by atoms with E-state index in [1.165, 1.54) is 30.1 Å². The van der Waals surface area contributed by atoms with Crippen molar-refractivity contribution in [2.75, 3.05) is 0 Å². The van der Waals surface area contributed by atoms with E-state index in [4.69, 9.17) is 0 Å². The van der Waals surface area contributed by atoms with Crippen LogP contribution < -0.4 is 0 Å². The number of hydrogen-bond donors (Lipinski definition) is 0. The number of hydrogen-bond acceptors (Lipinski definition) is 0. The van der Waals surface area contributed by atoms with E-state index in [1.54, 1.807) is 8.87 Å². The second-order valence-electron chi connectivity index (χ2n) is 4.97. The fraction of sp³-hybridized carbons (Fsp3) is 0.692. The van der Waals surface area contributed by atoms with Crippen LogP contribution >= 0.6 is 0 Å². The van der Waals surface area contributed by atoms with E-state index in [0.29, 0.717) is 0 Å². The van der Waals surface area contributed by atoms with Crippen LogP contribution in [0.2, 0.25) is 13.3 Å². The summed E-state index contributed by atoms with van der Waals surface area (Å²) in [5.74, 6) is 0. The van der Waals surface area contributed by atoms with Crippen LogP contribution in [0.25, 0.3) is 0 Å². The van der Waals surface area contributed by atoms with Gasteiger partial charge in [0.1, 0.15) is 0 Å². The van der Waals surface area contributed by atoms with Crippen molar-refractivity contribution in [3.05, 3.63) is 20.5 Å². The third kappa shape index (κ3) is 3.99. The van der Waals surface area contributed by atoms with Gasteiger partial charge in [-0.2, -0.15) is 0 Å². The molecule has 0 fully saturated rings. The zero-order valence-corrected chi connectivity index (χ0v) is 13.5. The molecule has 80 valence electrons. The molecule has 0 aromatic heterocycles. The molecular formula is C13H23LiSn. The monoisotopic (exact) mass is 306 g/mol. The summed E-state index contributed by atoms with van der Waals surface area (Å²) in [5.41, 5.74) is 0. The van der Waals surface area contributed by atoms with Gasteiger partial charge in [-0.05, 0) is 0 Å². The summed E-state index contributed by atoms with van der Waals surface area (Å²) in [4.78, 5) is 0. The van der Waals surface area contributed by atoms with Crippen molar-refractivity contribution in [2.45, 2.75) is 52.8 Å². The number of rotatable bonds is 6. The molecule has 0 saturated carbocycles. The van der Waals surface area contributed by atoms with Crippen molar-refractivity contribution < 1.29 is 0 Å². The summed E-state index contributed by atoms with van der Waals surface area (Å²) in [6.07, 6.45) is 12.9. The van der Waals surface area contributed by atoms with Crippen LogP contribution in [0.3, 0.4) is 0 Å². The van der Waals surface area contributed by atoms with E-state index in [9.17, 15) is 0 Å². The molecule has 0 aromatic carbocycles. The van der Waals surface area contributed by atoms with Gasteiger partial charge in [-0.1, -0.05) is 0 Å². The quantitative estimate of drug-likeness (QED) is 0.645. The van der Waals surface area contributed by atoms with Gasteiger partial charge < -0.3 is 0 Å². The van der Waals surface area contributed by atoms with Crippen LogP contribution in [0.4, 0.5) is 0 Å². The second-order valence-corrected chi connectivity index (χ2v) is 18.5. The Bertz CT molecular complexity index is 235. The number of allylic oxidation sites excluding steroid dienone is 3. The van der Waals surface area contributed by atoms with Crippen molar-refractivity contribution in [1.82, 2.24) is 0 Å². The first kappa shape index (κ1) is 13.9. The first-order valence-corrected chi connectivity index (χ1v) is 14.1. The Labute approximate surface area is 109 Å². The molecule has 0 unspecified atom stereocenters. The van der Waals surface area contributed by atoms with E-state index >= 15 is 0 Å². The van der Waals surface area contributed by atoms with Crippen molar-refractivity contribution in [3.8, 4) is 0 Å². The zero-order chi connectivity index (χ0) is 11.1. The molecule has 1 heterocycles. The van der Waals surface area contributed by atoms with Gasteiger partial charge in [0.05, 0.1) is 0 Å². The maximum atomic E-state index is 2.45. The molecule has 0 aromatic rings. The summed E-state index contributed by atoms with van der Waals surface area (Å²) < 4.78 is 6.50. The molecule has 1 aliphatic heterocycles. The molecule has 0 atom stereocenters. The van der Waals surface area contributed by atoms with E-state index in [1.807, 2.05) is 2.26 Å². The third-order valence-electron chi connectivity index (χ3n) is 3.85. The van der Waals surface area contributed by atoms with E-state index < -0.39 is 18.4 Å². The Kier molecular flexibility index (Phi) is 6.74. The standard InChI is InChI=1S/C5H5.2C4H9.Li.Sn/c1-3-5-4-2;2*1-3-4-2;;/h3-5H,1H2;2*1,3-4H2,2H3;;. The SMILES string of the molecule is [Li][C]1=CC=C[CH2][Sn]1([CH2]CCC)[CH2]CCC. The Balaban J connectivity index is 2.67. The first-order valence-electron chi connectivity index (χ1n) is 6.59. The maximum absolute atomic E-state index is 2.45. The molecule has 0 saturated heterocycles. The molecule has 0 spiro atoms. The summed E-state index contributed by atoms with van der Waals surface area (Å²) in [6, 6.07) is 0. The first-order chi connectivity index (χ1) is 7.25. The van der Waals surface area contributed by atoms with Crippen LogP contribution in [0.5, 0.6) is 0 Å². The van der Waals surface area contributed by atoms with Crippen LogP contribution in [0, 0.1) is 0 Å². The van der Waals surface area contributed by atoms with Gasteiger partial charge in [0.25, 0.3) is 0 Å². The zero-order valence-electron chi connectivity index (χ0n) is 10.7. The predicted octanol–water partition coefficient (Wildman–Crippen LogP) is 4.20. The molecule has 15 heavy (non-hydrogen) atoms. The van der Waals surface area contributed by atoms with Gasteiger partial charge in [0.15, 0.2) is 0 Å². The molecule has 1 aliphatic rings. The van der Waals surface area contributed by atoms with Gasteiger partial charge in [-0.25, -0.2) is 0 Å². The van der Waals surface area contributed by atoms with Crippen molar-refractivity contribution in [1.29, 1.82) is 0 Å². The average Bonchev–Trinajstić information content (AvgIpc) is 2.27. The minimum absolute atomic E-state index is 1.38. The fourth-order valence-corrected chi connectivity index (χ4v) is 16.5. The molecule has 0 radical (unpaired) electrons. The summed E-state index contributed by atoms with van der Waals surface area (Å²) in [5, 5.41) is 0. The molecule has 0 bridgehead atoms. The van der Waals surface area contributed by atoms with E-state index in [2.05, 4.69) is 49.8 Å². The van der Waals surface area contributed by atoms with Gasteiger partial charge in [0.2, 0.25) is 0 Å². The second kappa shape index (κ2) is 7.25. The van der Waals surface area contributed by atoms with E-state index in [0.717, 1.165) is 0 Å². The Morgan fingerprint density at radius 2 is 1.80 bits per heavy atom. The summed E-state index contributed by atoms with van der Waals surface area (Å²) >= 11 is 0.565. The average molecular weight is 305 g/mol. The molecule has 2 heteroatoms. The topological polar surface area (TPSA) is 0 Å². The number of unbranched alkanes of at least 4 members (excludes halogenated alkanes) is 2. The Morgan fingerprint density at radius 3 is 2.27 bits per heavy atom. The van der Waals surface area contributed by atoms with Crippen molar-refractivity contribution in [2.24, 2.45) is 0 Å². The van der Waals surface area contributed by atoms with Gasteiger partial charge in [0, 0.05) is 0 Å². The van der Waals surface area contributed by atoms with Gasteiger partial charge >= 0.3 is 109 Å².